The normalized spacial score (nSPS) is 16.0. The van der Waals surface area contributed by atoms with Gasteiger partial charge < -0.3 is 15.4 Å². The van der Waals surface area contributed by atoms with E-state index in [1.165, 1.54) is 12.0 Å². The number of hydrogen-bond donors (Lipinski definition) is 2. The molecule has 1 aromatic carbocycles. The van der Waals surface area contributed by atoms with Crippen LogP contribution in [0.15, 0.2) is 24.3 Å². The second kappa shape index (κ2) is 7.13. The Kier molecular flexibility index (Phi) is 5.20. The van der Waals surface area contributed by atoms with Crippen LogP contribution in [0.2, 0.25) is 0 Å². The Morgan fingerprint density at radius 3 is 2.74 bits per heavy atom. The molecular formula is C16H21N3O4. The highest BCUT2D eigenvalue weighted by molar-refractivity contribution is 6.09. The van der Waals surface area contributed by atoms with Crippen molar-refractivity contribution in [1.82, 2.24) is 5.32 Å². The number of nitrogens with zero attached hydrogens (tertiary/aromatic N) is 1. The van der Waals surface area contributed by atoms with Gasteiger partial charge in [0.1, 0.15) is 12.6 Å². The highest BCUT2D eigenvalue weighted by Gasteiger charge is 2.32. The molecule has 0 fully saturated rings. The van der Waals surface area contributed by atoms with Crippen molar-refractivity contribution in [2.45, 2.75) is 26.3 Å². The minimum absolute atomic E-state index is 0.0831. The molecule has 23 heavy (non-hydrogen) atoms. The lowest BCUT2D eigenvalue weighted by atomic mass is 9.99. The quantitative estimate of drug-likeness (QED) is 0.828. The lowest BCUT2D eigenvalue weighted by Crippen LogP contribution is -2.53. The molecule has 7 heteroatoms. The molecule has 0 bridgehead atoms. The first kappa shape index (κ1) is 16.8. The summed E-state index contributed by atoms with van der Waals surface area (Å²) in [6.45, 7) is 3.69. The van der Waals surface area contributed by atoms with Gasteiger partial charge in [-0.3, -0.25) is 9.69 Å². The second-order valence-electron chi connectivity index (χ2n) is 5.49. The minimum atomic E-state index is -0.755. The second-order valence-corrected chi connectivity index (χ2v) is 5.49. The van der Waals surface area contributed by atoms with Crippen LogP contribution in [-0.4, -0.2) is 37.6 Å². The largest absolute Gasteiger partial charge is 0.467 e. The van der Waals surface area contributed by atoms with E-state index in [0.717, 1.165) is 0 Å². The molecular weight excluding hydrogens is 298 g/mol. The molecule has 0 spiro atoms. The van der Waals surface area contributed by atoms with E-state index < -0.39 is 18.0 Å². The number of hydrogen-bond acceptors (Lipinski definition) is 4. The Bertz CT molecular complexity index is 617. The Morgan fingerprint density at radius 1 is 1.39 bits per heavy atom. The highest BCUT2D eigenvalue weighted by Crippen LogP contribution is 2.29. The third-order valence-corrected chi connectivity index (χ3v) is 3.96. The number of amides is 3. The van der Waals surface area contributed by atoms with E-state index in [9.17, 15) is 14.4 Å². The fourth-order valence-corrected chi connectivity index (χ4v) is 2.42. The van der Waals surface area contributed by atoms with Gasteiger partial charge in [-0.15, -0.1) is 0 Å². The monoisotopic (exact) mass is 319 g/mol. The Hall–Kier alpha value is -2.57. The Morgan fingerprint density at radius 2 is 2.09 bits per heavy atom. The molecule has 0 unspecified atom stereocenters. The van der Waals surface area contributed by atoms with Gasteiger partial charge in [0.2, 0.25) is 5.91 Å². The van der Waals surface area contributed by atoms with Crippen LogP contribution in [0.25, 0.3) is 0 Å². The topological polar surface area (TPSA) is 87.7 Å². The van der Waals surface area contributed by atoms with E-state index in [4.69, 9.17) is 4.74 Å². The molecule has 0 aromatic heterocycles. The number of fused-ring (bicyclic) bond motifs is 1. The van der Waals surface area contributed by atoms with Crippen molar-refractivity contribution < 1.29 is 19.1 Å². The fourth-order valence-electron chi connectivity index (χ4n) is 2.42. The van der Waals surface area contributed by atoms with E-state index in [1.807, 2.05) is 13.8 Å². The molecule has 124 valence electrons. The number of carbonyl (C=O) groups is 3. The average molecular weight is 319 g/mol. The van der Waals surface area contributed by atoms with Crippen LogP contribution in [0.4, 0.5) is 16.2 Å². The third-order valence-electron chi connectivity index (χ3n) is 3.96. The lowest BCUT2D eigenvalue weighted by molar-refractivity contribution is -0.144. The van der Waals surface area contributed by atoms with Crippen LogP contribution >= 0.6 is 0 Å². The molecule has 1 aliphatic heterocycles. The standard InChI is InChI=1S/C16H21N3O4/c1-4-10(2)14(15(21)23-3)18-16(22)19-9-13(20)17-11-7-5-6-8-12(11)19/h5-8,10,14H,4,9H2,1-3H3,(H,17,20)(H,18,22)/t10-,14+/m0/s1. The molecule has 3 amide bonds. The Labute approximate surface area is 135 Å². The van der Waals surface area contributed by atoms with Gasteiger partial charge in [-0.1, -0.05) is 32.4 Å². The van der Waals surface area contributed by atoms with Gasteiger partial charge in [0.15, 0.2) is 0 Å². The van der Waals surface area contributed by atoms with Crippen LogP contribution in [0.5, 0.6) is 0 Å². The molecule has 1 aromatic rings. The number of para-hydroxylation sites is 2. The van der Waals surface area contributed by atoms with Crippen molar-refractivity contribution in [2.75, 3.05) is 23.9 Å². The number of nitrogens with one attached hydrogen (secondary N) is 2. The van der Waals surface area contributed by atoms with Crippen molar-refractivity contribution in [1.29, 1.82) is 0 Å². The summed E-state index contributed by atoms with van der Waals surface area (Å²) in [6.07, 6.45) is 0.705. The summed E-state index contributed by atoms with van der Waals surface area (Å²) in [4.78, 5) is 37.6. The van der Waals surface area contributed by atoms with Gasteiger partial charge in [-0.05, 0) is 18.1 Å². The van der Waals surface area contributed by atoms with Crippen molar-refractivity contribution in [3.8, 4) is 0 Å². The van der Waals surface area contributed by atoms with E-state index in [1.54, 1.807) is 24.3 Å². The molecule has 7 nitrogen and oxygen atoms in total. The van der Waals surface area contributed by atoms with Gasteiger partial charge >= 0.3 is 12.0 Å². The molecule has 0 saturated carbocycles. The maximum absolute atomic E-state index is 12.6. The predicted octanol–water partition coefficient (Wildman–Crippen LogP) is 1.74. The zero-order chi connectivity index (χ0) is 17.0. The molecule has 2 rings (SSSR count). The molecule has 0 radical (unpaired) electrons. The summed E-state index contributed by atoms with van der Waals surface area (Å²) in [7, 11) is 1.29. The highest BCUT2D eigenvalue weighted by atomic mass is 16.5. The molecule has 1 heterocycles. The van der Waals surface area contributed by atoms with Gasteiger partial charge in [0.05, 0.1) is 18.5 Å². The van der Waals surface area contributed by atoms with Crippen molar-refractivity contribution in [3.05, 3.63) is 24.3 Å². The average Bonchev–Trinajstić information content (AvgIpc) is 2.57. The van der Waals surface area contributed by atoms with E-state index in [0.29, 0.717) is 17.8 Å². The Balaban J connectivity index is 2.22. The first-order valence-corrected chi connectivity index (χ1v) is 7.52. The predicted molar refractivity (Wildman–Crippen MR) is 86.2 cm³/mol. The number of methoxy groups -OCH3 is 1. The van der Waals surface area contributed by atoms with Crippen LogP contribution in [0.3, 0.4) is 0 Å². The fraction of sp³-hybridized carbons (Fsp3) is 0.438. The zero-order valence-corrected chi connectivity index (χ0v) is 13.5. The third kappa shape index (κ3) is 3.61. The summed E-state index contributed by atoms with van der Waals surface area (Å²) < 4.78 is 4.76. The van der Waals surface area contributed by atoms with E-state index in [-0.39, 0.29) is 18.4 Å². The summed E-state index contributed by atoms with van der Waals surface area (Å²) in [6, 6.07) is 5.77. The summed E-state index contributed by atoms with van der Waals surface area (Å²) in [5.74, 6) is -0.861. The zero-order valence-electron chi connectivity index (χ0n) is 13.5. The van der Waals surface area contributed by atoms with Crippen molar-refractivity contribution in [2.24, 2.45) is 5.92 Å². The van der Waals surface area contributed by atoms with Gasteiger partial charge in [-0.2, -0.15) is 0 Å². The molecule has 2 N–H and O–H groups in total. The maximum atomic E-state index is 12.6. The number of urea groups is 1. The van der Waals surface area contributed by atoms with Crippen LogP contribution in [-0.2, 0) is 14.3 Å². The number of esters is 1. The number of benzene rings is 1. The maximum Gasteiger partial charge on any atom is 0.328 e. The van der Waals surface area contributed by atoms with Crippen molar-refractivity contribution in [3.63, 3.8) is 0 Å². The molecule has 0 aliphatic carbocycles. The number of ether oxygens (including phenoxy) is 1. The first-order valence-electron chi connectivity index (χ1n) is 7.52. The van der Waals surface area contributed by atoms with Crippen molar-refractivity contribution >= 4 is 29.3 Å². The van der Waals surface area contributed by atoms with E-state index >= 15 is 0 Å². The molecule has 1 aliphatic rings. The summed E-state index contributed by atoms with van der Waals surface area (Å²) in [5, 5.41) is 5.40. The van der Waals surface area contributed by atoms with Gasteiger partial charge in [0, 0.05) is 0 Å². The van der Waals surface area contributed by atoms with Crippen LogP contribution in [0.1, 0.15) is 20.3 Å². The molecule has 2 atom stereocenters. The lowest BCUT2D eigenvalue weighted by Gasteiger charge is -2.31. The van der Waals surface area contributed by atoms with E-state index in [2.05, 4.69) is 10.6 Å². The number of rotatable bonds is 4. The first-order chi connectivity index (χ1) is 11.0. The van der Waals surface area contributed by atoms with Crippen LogP contribution < -0.4 is 15.5 Å². The van der Waals surface area contributed by atoms with Gasteiger partial charge in [0.25, 0.3) is 0 Å². The molecule has 0 saturated heterocycles. The summed E-state index contributed by atoms with van der Waals surface area (Å²) >= 11 is 0. The minimum Gasteiger partial charge on any atom is -0.467 e. The summed E-state index contributed by atoms with van der Waals surface area (Å²) in [5.41, 5.74) is 1.16. The number of anilines is 2. The SMILES string of the molecule is CC[C@H](C)[C@@H](NC(=O)N1CC(=O)Nc2ccccc21)C(=O)OC. The smallest absolute Gasteiger partial charge is 0.328 e. The van der Waals surface area contributed by atoms with Crippen LogP contribution in [0, 0.1) is 5.92 Å². The van der Waals surface area contributed by atoms with Gasteiger partial charge in [-0.25, -0.2) is 9.59 Å². The number of carbonyl (C=O) groups excluding carboxylic acids is 3.